The summed E-state index contributed by atoms with van der Waals surface area (Å²) in [6.07, 6.45) is 3.79. The van der Waals surface area contributed by atoms with E-state index in [4.69, 9.17) is 15.5 Å². The van der Waals surface area contributed by atoms with E-state index < -0.39 is 0 Å². The second-order valence-electron chi connectivity index (χ2n) is 5.63. The molecule has 1 atom stereocenters. The third kappa shape index (κ3) is 3.48. The van der Waals surface area contributed by atoms with E-state index in [0.717, 1.165) is 36.4 Å². The van der Waals surface area contributed by atoms with Gasteiger partial charge in [0.15, 0.2) is 5.82 Å². The molecule has 2 aromatic rings. The van der Waals surface area contributed by atoms with Crippen LogP contribution in [0.4, 0.5) is 0 Å². The van der Waals surface area contributed by atoms with Gasteiger partial charge in [-0.1, -0.05) is 0 Å². The zero-order valence-corrected chi connectivity index (χ0v) is 13.1. The van der Waals surface area contributed by atoms with Gasteiger partial charge in [0.2, 0.25) is 5.91 Å². The summed E-state index contributed by atoms with van der Waals surface area (Å²) in [5.41, 5.74) is 7.21. The fourth-order valence-corrected chi connectivity index (χ4v) is 2.99. The molecule has 1 aliphatic rings. The predicted octanol–water partition coefficient (Wildman–Crippen LogP) is 1.77. The fraction of sp³-hybridized carbons (Fsp3) is 0.353. The van der Waals surface area contributed by atoms with Crippen LogP contribution in [-0.4, -0.2) is 41.0 Å². The topological polar surface area (TPSA) is 81.3 Å². The molecule has 0 spiro atoms. The molecule has 0 bridgehead atoms. The second kappa shape index (κ2) is 6.75. The molecule has 1 aliphatic heterocycles. The normalized spacial score (nSPS) is 18.0. The van der Waals surface area contributed by atoms with Gasteiger partial charge in [-0.25, -0.2) is 9.97 Å². The van der Waals surface area contributed by atoms with Crippen molar-refractivity contribution in [3.63, 3.8) is 0 Å². The van der Waals surface area contributed by atoms with Gasteiger partial charge in [0.05, 0.1) is 25.4 Å². The van der Waals surface area contributed by atoms with E-state index in [2.05, 4.69) is 9.88 Å². The van der Waals surface area contributed by atoms with Gasteiger partial charge < -0.3 is 10.5 Å². The number of rotatable bonds is 5. The van der Waals surface area contributed by atoms with Crippen molar-refractivity contribution in [1.82, 2.24) is 14.9 Å². The summed E-state index contributed by atoms with van der Waals surface area (Å²) in [7, 11) is 1.64. The molecule has 1 aromatic heterocycles. The van der Waals surface area contributed by atoms with E-state index in [-0.39, 0.29) is 18.5 Å². The Hall–Kier alpha value is -2.47. The monoisotopic (exact) mass is 312 g/mol. The second-order valence-corrected chi connectivity index (χ2v) is 5.63. The minimum atomic E-state index is -0.304. The minimum absolute atomic E-state index is 0.127. The van der Waals surface area contributed by atoms with E-state index in [0.29, 0.717) is 5.82 Å². The molecule has 0 unspecified atom stereocenters. The van der Waals surface area contributed by atoms with Crippen LogP contribution in [0, 0.1) is 0 Å². The molecule has 23 heavy (non-hydrogen) atoms. The molecule has 2 N–H and O–H groups in total. The van der Waals surface area contributed by atoms with Crippen LogP contribution >= 0.6 is 0 Å². The molecular weight excluding hydrogens is 292 g/mol. The van der Waals surface area contributed by atoms with E-state index in [9.17, 15) is 4.79 Å². The Morgan fingerprint density at radius 1 is 1.35 bits per heavy atom. The Kier molecular flexibility index (Phi) is 4.52. The highest BCUT2D eigenvalue weighted by molar-refractivity contribution is 5.76. The predicted molar refractivity (Wildman–Crippen MR) is 86.8 cm³/mol. The summed E-state index contributed by atoms with van der Waals surface area (Å²) in [4.78, 5) is 22.4. The van der Waals surface area contributed by atoms with Crippen molar-refractivity contribution < 1.29 is 9.53 Å². The largest absolute Gasteiger partial charge is 0.497 e. The van der Waals surface area contributed by atoms with Crippen molar-refractivity contribution in [3.8, 4) is 17.1 Å². The minimum Gasteiger partial charge on any atom is -0.497 e. The van der Waals surface area contributed by atoms with Crippen molar-refractivity contribution in [1.29, 1.82) is 0 Å². The molecule has 6 nitrogen and oxygen atoms in total. The number of aromatic nitrogens is 2. The Labute approximate surface area is 135 Å². The van der Waals surface area contributed by atoms with E-state index >= 15 is 0 Å². The molecule has 2 heterocycles. The van der Waals surface area contributed by atoms with Crippen LogP contribution in [0.15, 0.2) is 36.5 Å². The van der Waals surface area contributed by atoms with Crippen LogP contribution in [0.5, 0.6) is 5.75 Å². The molecule has 0 aliphatic carbocycles. The van der Waals surface area contributed by atoms with Crippen LogP contribution < -0.4 is 10.5 Å². The van der Waals surface area contributed by atoms with Gasteiger partial charge in [0.25, 0.3) is 0 Å². The summed E-state index contributed by atoms with van der Waals surface area (Å²) < 4.78 is 5.17. The van der Waals surface area contributed by atoms with Gasteiger partial charge in [-0.3, -0.25) is 9.69 Å². The lowest BCUT2D eigenvalue weighted by Gasteiger charge is -2.22. The van der Waals surface area contributed by atoms with Crippen LogP contribution in [-0.2, 0) is 4.79 Å². The number of primary amides is 1. The quantitative estimate of drug-likeness (QED) is 0.910. The number of nitrogens with zero attached hydrogens (tertiary/aromatic N) is 3. The Bertz CT molecular complexity index is 687. The Morgan fingerprint density at radius 3 is 2.83 bits per heavy atom. The maximum absolute atomic E-state index is 11.2. The lowest BCUT2D eigenvalue weighted by Crippen LogP contribution is -2.33. The maximum Gasteiger partial charge on any atom is 0.231 e. The number of ether oxygens (including phenoxy) is 1. The number of amides is 1. The molecule has 1 amide bonds. The number of methoxy groups -OCH3 is 1. The third-order valence-electron chi connectivity index (χ3n) is 4.09. The molecule has 0 saturated carbocycles. The van der Waals surface area contributed by atoms with E-state index in [1.54, 1.807) is 13.3 Å². The third-order valence-corrected chi connectivity index (χ3v) is 4.09. The first kappa shape index (κ1) is 15.4. The molecular formula is C17H20N4O2. The van der Waals surface area contributed by atoms with E-state index in [1.165, 1.54) is 0 Å². The standard InChI is InChI=1S/C17H20N4O2/c1-23-13-6-4-12(5-7-13)17-19-9-8-14(20-17)15-3-2-10-21(15)11-16(18)22/h4-9,15H,2-3,10-11H2,1H3,(H2,18,22)/t15-/m1/s1. The lowest BCUT2D eigenvalue weighted by molar-refractivity contribution is -0.119. The summed E-state index contributed by atoms with van der Waals surface area (Å²) in [6, 6.07) is 9.70. The number of nitrogens with two attached hydrogens (primary N) is 1. The number of hydrogen-bond acceptors (Lipinski definition) is 5. The molecule has 1 fully saturated rings. The average molecular weight is 312 g/mol. The zero-order valence-electron chi connectivity index (χ0n) is 13.1. The SMILES string of the molecule is COc1ccc(-c2nccc([C@H]3CCCN3CC(N)=O)n2)cc1. The van der Waals surface area contributed by atoms with Gasteiger partial charge in [0, 0.05) is 11.8 Å². The molecule has 0 radical (unpaired) electrons. The van der Waals surface area contributed by atoms with Crippen LogP contribution in [0.2, 0.25) is 0 Å². The number of carbonyl (C=O) groups excluding carboxylic acids is 1. The Balaban J connectivity index is 1.85. The van der Waals surface area contributed by atoms with Gasteiger partial charge in [-0.15, -0.1) is 0 Å². The number of carbonyl (C=O) groups is 1. The maximum atomic E-state index is 11.2. The van der Waals surface area contributed by atoms with Crippen LogP contribution in [0.3, 0.4) is 0 Å². The van der Waals surface area contributed by atoms with Crippen LogP contribution in [0.25, 0.3) is 11.4 Å². The van der Waals surface area contributed by atoms with Crippen molar-refractivity contribution >= 4 is 5.91 Å². The first-order valence-corrected chi connectivity index (χ1v) is 7.67. The smallest absolute Gasteiger partial charge is 0.231 e. The number of likely N-dealkylation sites (tertiary alicyclic amines) is 1. The first-order chi connectivity index (χ1) is 11.2. The summed E-state index contributed by atoms with van der Waals surface area (Å²) in [5.74, 6) is 1.17. The number of hydrogen-bond donors (Lipinski definition) is 1. The first-order valence-electron chi connectivity index (χ1n) is 7.67. The van der Waals surface area contributed by atoms with Gasteiger partial charge in [-0.2, -0.15) is 0 Å². The Morgan fingerprint density at radius 2 is 2.13 bits per heavy atom. The highest BCUT2D eigenvalue weighted by Gasteiger charge is 2.28. The fourth-order valence-electron chi connectivity index (χ4n) is 2.99. The van der Waals surface area contributed by atoms with Crippen molar-refractivity contribution in [3.05, 3.63) is 42.2 Å². The van der Waals surface area contributed by atoms with Crippen molar-refractivity contribution in [2.24, 2.45) is 5.73 Å². The number of benzene rings is 1. The summed E-state index contributed by atoms with van der Waals surface area (Å²) >= 11 is 0. The molecule has 120 valence electrons. The van der Waals surface area contributed by atoms with Gasteiger partial charge >= 0.3 is 0 Å². The van der Waals surface area contributed by atoms with Gasteiger partial charge in [0.1, 0.15) is 5.75 Å². The zero-order chi connectivity index (χ0) is 16.2. The molecule has 1 saturated heterocycles. The van der Waals surface area contributed by atoms with Crippen molar-refractivity contribution in [2.75, 3.05) is 20.2 Å². The summed E-state index contributed by atoms with van der Waals surface area (Å²) in [5, 5.41) is 0. The van der Waals surface area contributed by atoms with Crippen molar-refractivity contribution in [2.45, 2.75) is 18.9 Å². The lowest BCUT2D eigenvalue weighted by atomic mass is 10.1. The molecule has 6 heteroatoms. The summed E-state index contributed by atoms with van der Waals surface area (Å²) in [6.45, 7) is 1.14. The van der Waals surface area contributed by atoms with Gasteiger partial charge in [-0.05, 0) is 49.7 Å². The highest BCUT2D eigenvalue weighted by atomic mass is 16.5. The van der Waals surface area contributed by atoms with E-state index in [1.807, 2.05) is 30.3 Å². The highest BCUT2D eigenvalue weighted by Crippen LogP contribution is 2.31. The van der Waals surface area contributed by atoms with Crippen LogP contribution in [0.1, 0.15) is 24.6 Å². The molecule has 1 aromatic carbocycles. The molecule has 3 rings (SSSR count). The average Bonchev–Trinajstić information content (AvgIpc) is 3.02.